The van der Waals surface area contributed by atoms with Crippen LogP contribution >= 0.6 is 0 Å². The fourth-order valence-electron chi connectivity index (χ4n) is 2.04. The van der Waals surface area contributed by atoms with Crippen molar-refractivity contribution in [3.63, 3.8) is 0 Å². The Labute approximate surface area is 118 Å². The van der Waals surface area contributed by atoms with E-state index < -0.39 is 0 Å². The van der Waals surface area contributed by atoms with Gasteiger partial charge in [0.1, 0.15) is 5.82 Å². The van der Waals surface area contributed by atoms with E-state index in [1.54, 1.807) is 12.4 Å². The van der Waals surface area contributed by atoms with E-state index in [1.165, 1.54) is 0 Å². The third-order valence-electron chi connectivity index (χ3n) is 3.26. The zero-order valence-corrected chi connectivity index (χ0v) is 12.0. The Bertz CT molecular complexity index is 532. The van der Waals surface area contributed by atoms with Crippen LogP contribution in [0.2, 0.25) is 0 Å². The molecular weight excluding hydrogens is 254 g/mol. The molecule has 6 heteroatoms. The van der Waals surface area contributed by atoms with Gasteiger partial charge in [-0.15, -0.1) is 0 Å². The third kappa shape index (κ3) is 4.22. The molecule has 0 fully saturated rings. The number of imidazole rings is 1. The lowest BCUT2D eigenvalue weighted by atomic mass is 10.2. The number of hydrogen-bond acceptors (Lipinski definition) is 3. The van der Waals surface area contributed by atoms with Gasteiger partial charge in [0, 0.05) is 50.3 Å². The number of nitrogens with one attached hydrogen (secondary N) is 1. The van der Waals surface area contributed by atoms with Crippen molar-refractivity contribution in [1.29, 1.82) is 0 Å². The molecule has 2 rings (SSSR count). The standard InChI is InChI=1S/C14H21N5O/c1-12(4-10-19-8-3-6-16-19)17-14(20)5-9-18-11-7-15-13(18)2/h3,6-8,11-12H,4-5,9-10H2,1-2H3,(H,17,20). The lowest BCUT2D eigenvalue weighted by molar-refractivity contribution is -0.121. The van der Waals surface area contributed by atoms with Gasteiger partial charge < -0.3 is 9.88 Å². The first-order valence-electron chi connectivity index (χ1n) is 6.89. The Kier molecular flexibility index (Phi) is 4.92. The zero-order valence-electron chi connectivity index (χ0n) is 12.0. The van der Waals surface area contributed by atoms with Gasteiger partial charge in [-0.3, -0.25) is 9.48 Å². The molecule has 0 spiro atoms. The molecule has 20 heavy (non-hydrogen) atoms. The second-order valence-electron chi connectivity index (χ2n) is 4.94. The monoisotopic (exact) mass is 275 g/mol. The summed E-state index contributed by atoms with van der Waals surface area (Å²) in [4.78, 5) is 16.0. The van der Waals surface area contributed by atoms with Crippen LogP contribution in [-0.2, 0) is 17.9 Å². The smallest absolute Gasteiger partial charge is 0.222 e. The molecule has 0 saturated carbocycles. The van der Waals surface area contributed by atoms with Gasteiger partial charge in [0.2, 0.25) is 5.91 Å². The van der Waals surface area contributed by atoms with Crippen LogP contribution in [-0.4, -0.2) is 31.3 Å². The van der Waals surface area contributed by atoms with Crippen LogP contribution in [0.1, 0.15) is 25.6 Å². The van der Waals surface area contributed by atoms with E-state index in [4.69, 9.17) is 0 Å². The maximum Gasteiger partial charge on any atom is 0.222 e. The summed E-state index contributed by atoms with van der Waals surface area (Å²) in [6.07, 6.45) is 8.68. The molecule has 2 aromatic heterocycles. The molecule has 1 N–H and O–H groups in total. The lowest BCUT2D eigenvalue weighted by Crippen LogP contribution is -2.33. The van der Waals surface area contributed by atoms with Gasteiger partial charge in [-0.2, -0.15) is 5.10 Å². The number of rotatable bonds is 7. The molecule has 1 atom stereocenters. The second-order valence-corrected chi connectivity index (χ2v) is 4.94. The van der Waals surface area contributed by atoms with Crippen molar-refractivity contribution < 1.29 is 4.79 Å². The van der Waals surface area contributed by atoms with Gasteiger partial charge in [0.15, 0.2) is 0 Å². The van der Waals surface area contributed by atoms with Gasteiger partial charge in [-0.25, -0.2) is 4.98 Å². The van der Waals surface area contributed by atoms with Crippen molar-refractivity contribution >= 4 is 5.91 Å². The molecule has 0 aromatic carbocycles. The highest BCUT2D eigenvalue weighted by Gasteiger charge is 2.08. The van der Waals surface area contributed by atoms with Crippen molar-refractivity contribution in [2.45, 2.75) is 45.8 Å². The molecule has 1 amide bonds. The summed E-state index contributed by atoms with van der Waals surface area (Å²) in [5.74, 6) is 1.01. The number of aryl methyl sites for hydroxylation is 3. The lowest BCUT2D eigenvalue weighted by Gasteiger charge is -2.14. The molecule has 2 aromatic rings. The maximum absolute atomic E-state index is 11.9. The summed E-state index contributed by atoms with van der Waals surface area (Å²) < 4.78 is 3.85. The number of aromatic nitrogens is 4. The first-order chi connectivity index (χ1) is 9.65. The maximum atomic E-state index is 11.9. The topological polar surface area (TPSA) is 64.7 Å². The van der Waals surface area contributed by atoms with E-state index in [0.29, 0.717) is 13.0 Å². The first kappa shape index (κ1) is 14.3. The van der Waals surface area contributed by atoms with Crippen LogP contribution in [0.4, 0.5) is 0 Å². The van der Waals surface area contributed by atoms with Crippen LogP contribution < -0.4 is 5.32 Å². The molecule has 0 radical (unpaired) electrons. The molecule has 0 aliphatic rings. The van der Waals surface area contributed by atoms with Crippen molar-refractivity contribution in [2.24, 2.45) is 0 Å². The van der Waals surface area contributed by atoms with Crippen molar-refractivity contribution in [2.75, 3.05) is 0 Å². The molecule has 0 aliphatic carbocycles. The Balaban J connectivity index is 1.67. The van der Waals surface area contributed by atoms with E-state index in [0.717, 1.165) is 18.8 Å². The summed E-state index contributed by atoms with van der Waals surface area (Å²) in [6, 6.07) is 2.05. The summed E-state index contributed by atoms with van der Waals surface area (Å²) in [6.45, 7) is 5.44. The van der Waals surface area contributed by atoms with E-state index in [-0.39, 0.29) is 11.9 Å². The molecular formula is C14H21N5O. The van der Waals surface area contributed by atoms with Crippen LogP contribution in [0.3, 0.4) is 0 Å². The average Bonchev–Trinajstić information content (AvgIpc) is 3.05. The molecule has 0 saturated heterocycles. The van der Waals surface area contributed by atoms with E-state index in [9.17, 15) is 4.79 Å². The van der Waals surface area contributed by atoms with Gasteiger partial charge in [-0.1, -0.05) is 0 Å². The van der Waals surface area contributed by atoms with E-state index >= 15 is 0 Å². The molecule has 2 heterocycles. The quantitative estimate of drug-likeness (QED) is 0.830. The Morgan fingerprint density at radius 2 is 2.20 bits per heavy atom. The van der Waals surface area contributed by atoms with Crippen LogP contribution in [0.15, 0.2) is 30.9 Å². The average molecular weight is 275 g/mol. The van der Waals surface area contributed by atoms with Gasteiger partial charge in [0.05, 0.1) is 0 Å². The Morgan fingerprint density at radius 3 is 2.85 bits per heavy atom. The SMILES string of the molecule is Cc1nccn1CCC(=O)NC(C)CCn1cccn1. The zero-order chi connectivity index (χ0) is 14.4. The first-order valence-corrected chi connectivity index (χ1v) is 6.89. The predicted molar refractivity (Wildman–Crippen MR) is 76.0 cm³/mol. The van der Waals surface area contributed by atoms with Gasteiger partial charge >= 0.3 is 0 Å². The fourth-order valence-corrected chi connectivity index (χ4v) is 2.04. The minimum Gasteiger partial charge on any atom is -0.354 e. The minimum atomic E-state index is 0.0751. The summed E-state index contributed by atoms with van der Waals surface area (Å²) in [7, 11) is 0. The molecule has 6 nitrogen and oxygen atoms in total. The molecule has 108 valence electrons. The van der Waals surface area contributed by atoms with E-state index in [1.807, 2.05) is 41.6 Å². The highest BCUT2D eigenvalue weighted by atomic mass is 16.1. The van der Waals surface area contributed by atoms with Gasteiger partial charge in [-0.05, 0) is 26.3 Å². The van der Waals surface area contributed by atoms with E-state index in [2.05, 4.69) is 15.4 Å². The highest BCUT2D eigenvalue weighted by Crippen LogP contribution is 1.99. The molecule has 0 bridgehead atoms. The van der Waals surface area contributed by atoms with Gasteiger partial charge in [0.25, 0.3) is 0 Å². The summed E-state index contributed by atoms with van der Waals surface area (Å²) in [5.41, 5.74) is 0. The van der Waals surface area contributed by atoms with Crippen LogP contribution in [0, 0.1) is 6.92 Å². The second kappa shape index (κ2) is 6.88. The van der Waals surface area contributed by atoms with Crippen molar-refractivity contribution in [3.8, 4) is 0 Å². The Hall–Kier alpha value is -2.11. The summed E-state index contributed by atoms with van der Waals surface area (Å²) in [5, 5.41) is 7.15. The summed E-state index contributed by atoms with van der Waals surface area (Å²) >= 11 is 0. The minimum absolute atomic E-state index is 0.0751. The number of carbonyl (C=O) groups is 1. The third-order valence-corrected chi connectivity index (χ3v) is 3.26. The number of carbonyl (C=O) groups excluding carboxylic acids is 1. The molecule has 0 aliphatic heterocycles. The van der Waals surface area contributed by atoms with Crippen molar-refractivity contribution in [1.82, 2.24) is 24.6 Å². The van der Waals surface area contributed by atoms with Crippen LogP contribution in [0.25, 0.3) is 0 Å². The normalized spacial score (nSPS) is 12.3. The highest BCUT2D eigenvalue weighted by molar-refractivity contribution is 5.76. The largest absolute Gasteiger partial charge is 0.354 e. The number of hydrogen-bond donors (Lipinski definition) is 1. The number of nitrogens with zero attached hydrogens (tertiary/aromatic N) is 4. The number of amides is 1. The Morgan fingerprint density at radius 1 is 1.35 bits per heavy atom. The fraction of sp³-hybridized carbons (Fsp3) is 0.500. The van der Waals surface area contributed by atoms with Crippen LogP contribution in [0.5, 0.6) is 0 Å². The van der Waals surface area contributed by atoms with Crippen molar-refractivity contribution in [3.05, 3.63) is 36.7 Å². The predicted octanol–water partition coefficient (Wildman–Crippen LogP) is 1.37. The molecule has 1 unspecified atom stereocenters.